The average Bonchev–Trinajstić information content (AvgIpc) is 2.73. The van der Waals surface area contributed by atoms with Crippen molar-refractivity contribution in [3.8, 4) is 0 Å². The van der Waals surface area contributed by atoms with Crippen molar-refractivity contribution < 1.29 is 22.7 Å². The van der Waals surface area contributed by atoms with Gasteiger partial charge in [-0.25, -0.2) is 22.5 Å². The maximum atomic E-state index is 14.1. The fourth-order valence-electron chi connectivity index (χ4n) is 3.45. The molecule has 0 aliphatic carbocycles. The van der Waals surface area contributed by atoms with E-state index in [9.17, 15) is 27.6 Å². The molecule has 2 aromatic heterocycles. The number of carbonyl (C=O) groups is 1. The van der Waals surface area contributed by atoms with E-state index in [1.54, 1.807) is 13.8 Å². The molecule has 0 aliphatic rings. The Labute approximate surface area is 186 Å². The number of ether oxygens (including phenoxy) is 1. The van der Waals surface area contributed by atoms with Gasteiger partial charge in [-0.15, -0.1) is 0 Å². The van der Waals surface area contributed by atoms with E-state index in [0.717, 1.165) is 18.3 Å². The predicted molar refractivity (Wildman–Crippen MR) is 114 cm³/mol. The van der Waals surface area contributed by atoms with Gasteiger partial charge in [0.2, 0.25) is 5.91 Å². The van der Waals surface area contributed by atoms with Gasteiger partial charge < -0.3 is 15.0 Å². The zero-order valence-electron chi connectivity index (χ0n) is 18.4. The van der Waals surface area contributed by atoms with E-state index >= 15 is 0 Å². The van der Waals surface area contributed by atoms with Crippen molar-refractivity contribution in [3.63, 3.8) is 0 Å². The highest BCUT2D eigenvalue weighted by molar-refractivity contribution is 5.82. The molecule has 0 radical (unpaired) electrons. The van der Waals surface area contributed by atoms with E-state index < -0.39 is 52.3 Å². The largest absolute Gasteiger partial charge is 0.379 e. The van der Waals surface area contributed by atoms with Crippen LogP contribution in [0.2, 0.25) is 0 Å². The Kier molecular flexibility index (Phi) is 6.73. The summed E-state index contributed by atoms with van der Waals surface area (Å²) in [6.07, 6.45) is 0.685. The number of hydrogen-bond donors (Lipinski definition) is 2. The Balaban J connectivity index is 2.08. The molecule has 0 spiro atoms. The number of rotatable bonds is 7. The number of benzene rings is 1. The Bertz CT molecular complexity index is 1320. The molecule has 2 atom stereocenters. The fraction of sp³-hybridized carbons (Fsp3) is 0.364. The number of pyridine rings is 1. The lowest BCUT2D eigenvalue weighted by atomic mass is 9.97. The molecule has 176 valence electrons. The van der Waals surface area contributed by atoms with Crippen LogP contribution in [0.5, 0.6) is 0 Å². The van der Waals surface area contributed by atoms with Crippen molar-refractivity contribution in [1.82, 2.24) is 19.9 Å². The van der Waals surface area contributed by atoms with Crippen molar-refractivity contribution in [1.29, 1.82) is 0 Å². The summed E-state index contributed by atoms with van der Waals surface area (Å²) < 4.78 is 47.1. The molecule has 2 heterocycles. The van der Waals surface area contributed by atoms with Crippen LogP contribution >= 0.6 is 0 Å². The smallest absolute Gasteiger partial charge is 0.329 e. The molecule has 11 heteroatoms. The number of aromatic amines is 1. The number of methoxy groups -OCH3 is 1. The minimum atomic E-state index is -1.39. The summed E-state index contributed by atoms with van der Waals surface area (Å²) >= 11 is 0. The molecule has 33 heavy (non-hydrogen) atoms. The van der Waals surface area contributed by atoms with Crippen LogP contribution < -0.4 is 16.6 Å². The molecule has 0 saturated carbocycles. The topological polar surface area (TPSA) is 106 Å². The Morgan fingerprint density at radius 1 is 1.21 bits per heavy atom. The molecular weight excluding hydrogens is 441 g/mol. The number of hydrogen-bond acceptors (Lipinski definition) is 5. The molecule has 0 bridgehead atoms. The summed E-state index contributed by atoms with van der Waals surface area (Å²) in [5.41, 5.74) is -2.83. The van der Waals surface area contributed by atoms with Gasteiger partial charge in [-0.3, -0.25) is 14.6 Å². The van der Waals surface area contributed by atoms with Gasteiger partial charge in [0.05, 0.1) is 34.4 Å². The molecule has 0 fully saturated rings. The average molecular weight is 464 g/mol. The Hall–Kier alpha value is -3.47. The van der Waals surface area contributed by atoms with Gasteiger partial charge in [0, 0.05) is 19.6 Å². The second kappa shape index (κ2) is 9.18. The third kappa shape index (κ3) is 5.14. The number of carbonyl (C=O) groups excluding carboxylic acids is 1. The van der Waals surface area contributed by atoms with E-state index in [1.807, 2.05) is 0 Å². The van der Waals surface area contributed by atoms with Gasteiger partial charge in [0.1, 0.15) is 23.5 Å². The maximum Gasteiger partial charge on any atom is 0.329 e. The Morgan fingerprint density at radius 3 is 2.55 bits per heavy atom. The molecule has 1 aromatic carbocycles. The third-order valence-corrected chi connectivity index (χ3v) is 5.35. The minimum absolute atomic E-state index is 0.110. The number of nitrogens with one attached hydrogen (secondary N) is 2. The van der Waals surface area contributed by atoms with Crippen molar-refractivity contribution in [2.75, 3.05) is 7.11 Å². The number of fused-ring (bicyclic) bond motifs is 1. The van der Waals surface area contributed by atoms with Gasteiger partial charge in [-0.05, 0) is 39.0 Å². The number of nitrogens with zero attached hydrogens (tertiary/aromatic N) is 2. The lowest BCUT2D eigenvalue weighted by Gasteiger charge is -2.29. The Morgan fingerprint density at radius 2 is 1.91 bits per heavy atom. The second-order valence-corrected chi connectivity index (χ2v) is 8.23. The van der Waals surface area contributed by atoms with Crippen LogP contribution in [-0.4, -0.2) is 33.2 Å². The van der Waals surface area contributed by atoms with E-state index in [-0.39, 0.29) is 23.0 Å². The maximum absolute atomic E-state index is 14.1. The molecule has 0 unspecified atom stereocenters. The van der Waals surface area contributed by atoms with E-state index in [1.165, 1.54) is 20.1 Å². The standard InChI is InChI=1S/C22H23F3N4O4/c1-11(18-15(25)8-13(24)10-26-18)27-19(30)17(9-22(2,3)33-4)29-20(31)14-7-12(23)5-6-16(14)28-21(29)32/h5-8,10-11,17H,9H2,1-4H3,(H,27,30)(H,28,32)/t11-,17+/m1/s1. The fourth-order valence-corrected chi connectivity index (χ4v) is 3.45. The van der Waals surface area contributed by atoms with Crippen molar-refractivity contribution in [2.24, 2.45) is 0 Å². The third-order valence-electron chi connectivity index (χ3n) is 5.35. The van der Waals surface area contributed by atoms with Crippen LogP contribution in [0, 0.1) is 17.5 Å². The SMILES string of the molecule is COC(C)(C)C[C@@H](C(=O)N[C@H](C)c1ncc(F)cc1F)n1c(=O)[nH]c2ccc(F)cc2c1=O. The number of halogens is 3. The van der Waals surface area contributed by atoms with Gasteiger partial charge >= 0.3 is 5.69 Å². The quantitative estimate of drug-likeness (QED) is 0.559. The lowest BCUT2D eigenvalue weighted by molar-refractivity contribution is -0.127. The molecular formula is C22H23F3N4O4. The molecule has 0 aliphatic heterocycles. The van der Waals surface area contributed by atoms with E-state index in [0.29, 0.717) is 10.6 Å². The number of H-pyrrole nitrogens is 1. The zero-order chi connectivity index (χ0) is 24.5. The highest BCUT2D eigenvalue weighted by atomic mass is 19.1. The van der Waals surface area contributed by atoms with Crippen LogP contribution in [0.15, 0.2) is 40.1 Å². The van der Waals surface area contributed by atoms with E-state index in [2.05, 4.69) is 15.3 Å². The second-order valence-electron chi connectivity index (χ2n) is 8.23. The lowest BCUT2D eigenvalue weighted by Crippen LogP contribution is -2.47. The normalized spacial score (nSPS) is 13.7. The molecule has 0 saturated heterocycles. The molecule has 3 aromatic rings. The minimum Gasteiger partial charge on any atom is -0.379 e. The molecule has 1 amide bonds. The number of amides is 1. The summed E-state index contributed by atoms with van der Waals surface area (Å²) in [4.78, 5) is 45.3. The van der Waals surface area contributed by atoms with Crippen LogP contribution in [-0.2, 0) is 9.53 Å². The van der Waals surface area contributed by atoms with E-state index in [4.69, 9.17) is 4.74 Å². The summed E-state index contributed by atoms with van der Waals surface area (Å²) in [5.74, 6) is -3.34. The van der Waals surface area contributed by atoms with Crippen LogP contribution in [0.1, 0.15) is 45.0 Å². The van der Waals surface area contributed by atoms with Crippen LogP contribution in [0.3, 0.4) is 0 Å². The van der Waals surface area contributed by atoms with Crippen molar-refractivity contribution in [3.05, 3.63) is 74.4 Å². The van der Waals surface area contributed by atoms with Gasteiger partial charge in [0.15, 0.2) is 0 Å². The first-order valence-corrected chi connectivity index (χ1v) is 10.0. The summed E-state index contributed by atoms with van der Waals surface area (Å²) in [6.45, 7) is 4.72. The van der Waals surface area contributed by atoms with Crippen LogP contribution in [0.4, 0.5) is 13.2 Å². The highest BCUT2D eigenvalue weighted by Gasteiger charge is 2.33. The zero-order valence-corrected chi connectivity index (χ0v) is 18.4. The number of aromatic nitrogens is 3. The first-order valence-electron chi connectivity index (χ1n) is 10.0. The monoisotopic (exact) mass is 464 g/mol. The summed E-state index contributed by atoms with van der Waals surface area (Å²) in [5, 5.41) is 2.39. The molecule has 8 nitrogen and oxygen atoms in total. The summed E-state index contributed by atoms with van der Waals surface area (Å²) in [6, 6.07) is 1.52. The first-order chi connectivity index (χ1) is 15.4. The molecule has 2 N–H and O–H groups in total. The van der Waals surface area contributed by atoms with Crippen molar-refractivity contribution >= 4 is 16.8 Å². The predicted octanol–water partition coefficient (Wildman–Crippen LogP) is 2.74. The van der Waals surface area contributed by atoms with Crippen LogP contribution in [0.25, 0.3) is 10.9 Å². The highest BCUT2D eigenvalue weighted by Crippen LogP contribution is 2.24. The van der Waals surface area contributed by atoms with Gasteiger partial charge in [-0.1, -0.05) is 0 Å². The summed E-state index contributed by atoms with van der Waals surface area (Å²) in [7, 11) is 1.40. The molecule has 3 rings (SSSR count). The van der Waals surface area contributed by atoms with Gasteiger partial charge in [-0.2, -0.15) is 0 Å². The van der Waals surface area contributed by atoms with Gasteiger partial charge in [0.25, 0.3) is 5.56 Å². The van der Waals surface area contributed by atoms with Crippen molar-refractivity contribution in [2.45, 2.75) is 44.9 Å². The first kappa shape index (κ1) is 24.2.